The summed E-state index contributed by atoms with van der Waals surface area (Å²) in [6, 6.07) is 9.83. The van der Waals surface area contributed by atoms with Gasteiger partial charge in [0.1, 0.15) is 0 Å². The van der Waals surface area contributed by atoms with Crippen LogP contribution in [0, 0.1) is 0 Å². The number of carbonyl (C=O) groups is 1. The molecule has 1 amide bonds. The lowest BCUT2D eigenvalue weighted by Crippen LogP contribution is -2.20. The summed E-state index contributed by atoms with van der Waals surface area (Å²) in [4.78, 5) is 10.6. The summed E-state index contributed by atoms with van der Waals surface area (Å²) >= 11 is 0. The lowest BCUT2D eigenvalue weighted by molar-refractivity contribution is -0.120. The fourth-order valence-corrected chi connectivity index (χ4v) is 1.15. The number of hydrogen-bond acceptors (Lipinski definition) is 2. The van der Waals surface area contributed by atoms with Gasteiger partial charge in [-0.3, -0.25) is 4.79 Å². The Kier molecular flexibility index (Phi) is 8.17. The minimum atomic E-state index is -0.328. The molecule has 0 spiro atoms. The molecule has 0 saturated heterocycles. The summed E-state index contributed by atoms with van der Waals surface area (Å²) in [5.74, 6) is -0.328. The molecule has 1 aromatic carbocycles. The van der Waals surface area contributed by atoms with Crippen molar-refractivity contribution in [3.63, 3.8) is 0 Å². The van der Waals surface area contributed by atoms with E-state index in [4.69, 9.17) is 10.5 Å². The summed E-state index contributed by atoms with van der Waals surface area (Å²) < 4.78 is 5.44. The number of hydrogen-bond donors (Lipinski definition) is 1. The lowest BCUT2D eigenvalue weighted by Gasteiger charge is -2.10. The van der Waals surface area contributed by atoms with E-state index in [-0.39, 0.29) is 18.4 Å². The molecule has 90 valence electrons. The molecule has 1 aromatic rings. The van der Waals surface area contributed by atoms with E-state index in [2.05, 4.69) is 0 Å². The molecule has 1 rings (SSSR count). The highest BCUT2D eigenvalue weighted by Gasteiger charge is 2.05. The maximum atomic E-state index is 10.6. The molecule has 16 heavy (non-hydrogen) atoms. The molecular weight excluding hydrogens is 202 g/mol. The van der Waals surface area contributed by atoms with Crippen LogP contribution in [0.5, 0.6) is 0 Å². The maximum Gasteiger partial charge on any atom is 0.220 e. The molecule has 1 atom stereocenters. The maximum absolute atomic E-state index is 10.6. The zero-order valence-corrected chi connectivity index (χ0v) is 10.3. The van der Waals surface area contributed by atoms with Crippen LogP contribution in [0.15, 0.2) is 30.3 Å². The second kappa shape index (κ2) is 8.92. The smallest absolute Gasteiger partial charge is 0.220 e. The molecule has 3 heteroatoms. The van der Waals surface area contributed by atoms with Gasteiger partial charge in [-0.05, 0) is 12.5 Å². The third-order valence-electron chi connectivity index (χ3n) is 1.87. The molecule has 3 nitrogen and oxygen atoms in total. The Hall–Kier alpha value is -1.35. The molecule has 0 aliphatic rings. The summed E-state index contributed by atoms with van der Waals surface area (Å²) in [6.07, 6.45) is 0.153. The van der Waals surface area contributed by atoms with Crippen LogP contribution < -0.4 is 5.73 Å². The van der Waals surface area contributed by atoms with Crippen LogP contribution in [0.1, 0.15) is 32.8 Å². The number of nitrogens with two attached hydrogens (primary N) is 1. The van der Waals surface area contributed by atoms with Gasteiger partial charge >= 0.3 is 0 Å². The number of rotatable bonds is 5. The van der Waals surface area contributed by atoms with Gasteiger partial charge in [-0.2, -0.15) is 0 Å². The van der Waals surface area contributed by atoms with Gasteiger partial charge in [0.25, 0.3) is 0 Å². The average Bonchev–Trinajstić information content (AvgIpc) is 2.30. The van der Waals surface area contributed by atoms with Crippen molar-refractivity contribution in [2.24, 2.45) is 5.73 Å². The van der Waals surface area contributed by atoms with Crippen molar-refractivity contribution in [2.75, 3.05) is 0 Å². The van der Waals surface area contributed by atoms with Crippen molar-refractivity contribution in [1.29, 1.82) is 0 Å². The van der Waals surface area contributed by atoms with E-state index in [1.165, 1.54) is 0 Å². The zero-order chi connectivity index (χ0) is 12.4. The van der Waals surface area contributed by atoms with Gasteiger partial charge in [0.05, 0.1) is 19.1 Å². The minimum absolute atomic E-state index is 0.118. The van der Waals surface area contributed by atoms with Gasteiger partial charge in [-0.1, -0.05) is 44.2 Å². The first-order valence-electron chi connectivity index (χ1n) is 5.62. The quantitative estimate of drug-likeness (QED) is 0.833. The van der Waals surface area contributed by atoms with E-state index in [1.807, 2.05) is 51.1 Å². The summed E-state index contributed by atoms with van der Waals surface area (Å²) in [5.41, 5.74) is 6.14. The second-order valence-electron chi connectivity index (χ2n) is 3.28. The first-order chi connectivity index (χ1) is 7.68. The largest absolute Gasteiger partial charge is 0.373 e. The van der Waals surface area contributed by atoms with Gasteiger partial charge in [0.2, 0.25) is 5.91 Å². The van der Waals surface area contributed by atoms with Crippen molar-refractivity contribution in [3.05, 3.63) is 35.9 Å². The number of amides is 1. The fraction of sp³-hybridized carbons (Fsp3) is 0.462. The molecule has 0 fully saturated rings. The van der Waals surface area contributed by atoms with Crippen LogP contribution in [0.3, 0.4) is 0 Å². The number of ether oxygens (including phenoxy) is 1. The Morgan fingerprint density at radius 3 is 2.38 bits per heavy atom. The van der Waals surface area contributed by atoms with E-state index in [1.54, 1.807) is 0 Å². The molecule has 1 unspecified atom stereocenters. The minimum Gasteiger partial charge on any atom is -0.373 e. The summed E-state index contributed by atoms with van der Waals surface area (Å²) in [7, 11) is 0. The Balaban J connectivity index is 0.00000106. The third kappa shape index (κ3) is 7.01. The highest BCUT2D eigenvalue weighted by molar-refractivity contribution is 5.74. The molecule has 0 bridgehead atoms. The topological polar surface area (TPSA) is 52.3 Å². The number of benzene rings is 1. The Morgan fingerprint density at radius 1 is 1.31 bits per heavy atom. The van der Waals surface area contributed by atoms with Crippen LogP contribution >= 0.6 is 0 Å². The zero-order valence-electron chi connectivity index (χ0n) is 10.3. The van der Waals surface area contributed by atoms with Gasteiger partial charge < -0.3 is 10.5 Å². The van der Waals surface area contributed by atoms with Crippen LogP contribution in [0.2, 0.25) is 0 Å². The summed E-state index contributed by atoms with van der Waals surface area (Å²) in [6.45, 7) is 6.36. The van der Waals surface area contributed by atoms with Crippen molar-refractivity contribution in [1.82, 2.24) is 0 Å². The third-order valence-corrected chi connectivity index (χ3v) is 1.87. The second-order valence-corrected chi connectivity index (χ2v) is 3.28. The van der Waals surface area contributed by atoms with Crippen molar-refractivity contribution < 1.29 is 9.53 Å². The van der Waals surface area contributed by atoms with Crippen LogP contribution in [-0.4, -0.2) is 12.0 Å². The average molecular weight is 223 g/mol. The Labute approximate surface area is 97.6 Å². The van der Waals surface area contributed by atoms with Crippen molar-refractivity contribution >= 4 is 5.91 Å². The number of carbonyl (C=O) groups excluding carboxylic acids is 1. The first-order valence-corrected chi connectivity index (χ1v) is 5.62. The number of primary amides is 1. The van der Waals surface area contributed by atoms with Gasteiger partial charge in [0.15, 0.2) is 0 Å². The van der Waals surface area contributed by atoms with Crippen LogP contribution in [0.25, 0.3) is 0 Å². The molecule has 0 radical (unpaired) electrons. The first kappa shape index (κ1) is 14.6. The fourth-order valence-electron chi connectivity index (χ4n) is 1.15. The molecule has 0 saturated carbocycles. The molecule has 0 heterocycles. The van der Waals surface area contributed by atoms with Crippen LogP contribution in [0.4, 0.5) is 0 Å². The standard InChI is InChI=1S/C11H15NO2.C2H6/c1-9(7-11(12)13)14-8-10-5-3-2-4-6-10;1-2/h2-6,9H,7-8H2,1H3,(H2,12,13);1-2H3. The van der Waals surface area contributed by atoms with Crippen molar-refractivity contribution in [3.8, 4) is 0 Å². The van der Waals surface area contributed by atoms with Crippen molar-refractivity contribution in [2.45, 2.75) is 39.9 Å². The summed E-state index contributed by atoms with van der Waals surface area (Å²) in [5, 5.41) is 0. The molecule has 0 aliphatic heterocycles. The van der Waals surface area contributed by atoms with Gasteiger partial charge in [-0.15, -0.1) is 0 Å². The van der Waals surface area contributed by atoms with E-state index < -0.39 is 0 Å². The molecular formula is C13H21NO2. The highest BCUT2D eigenvalue weighted by Crippen LogP contribution is 2.04. The molecule has 2 N–H and O–H groups in total. The van der Waals surface area contributed by atoms with E-state index in [0.29, 0.717) is 6.61 Å². The predicted octanol–water partition coefficient (Wildman–Crippen LogP) is 2.49. The monoisotopic (exact) mass is 223 g/mol. The normalized spacial score (nSPS) is 11.2. The predicted molar refractivity (Wildman–Crippen MR) is 65.9 cm³/mol. The highest BCUT2D eigenvalue weighted by atomic mass is 16.5. The van der Waals surface area contributed by atoms with Gasteiger partial charge in [-0.25, -0.2) is 0 Å². The van der Waals surface area contributed by atoms with E-state index >= 15 is 0 Å². The Bertz CT molecular complexity index is 285. The van der Waals surface area contributed by atoms with Gasteiger partial charge in [0, 0.05) is 0 Å². The van der Waals surface area contributed by atoms with E-state index in [0.717, 1.165) is 5.56 Å². The SMILES string of the molecule is CC.CC(CC(N)=O)OCc1ccccc1. The van der Waals surface area contributed by atoms with E-state index in [9.17, 15) is 4.79 Å². The molecule has 0 aliphatic carbocycles. The van der Waals surface area contributed by atoms with Crippen LogP contribution in [-0.2, 0) is 16.1 Å². The molecule has 0 aromatic heterocycles. The lowest BCUT2D eigenvalue weighted by atomic mass is 10.2. The Morgan fingerprint density at radius 2 is 1.88 bits per heavy atom.